The zero-order chi connectivity index (χ0) is 37.5. The number of nitrogens with zero attached hydrogens (tertiary/aromatic N) is 2. The second-order valence-corrected chi connectivity index (χ2v) is 18.7. The zero-order valence-electron chi connectivity index (χ0n) is 33.5. The largest absolute Gasteiger partial charge is 0.465 e. The van der Waals surface area contributed by atoms with Gasteiger partial charge >= 0.3 is 11.9 Å². The molecular weight excluding hydrogens is 649 g/mol. The van der Waals surface area contributed by atoms with Gasteiger partial charge in [-0.2, -0.15) is 0 Å². The predicted molar refractivity (Wildman–Crippen MR) is 206 cm³/mol. The van der Waals surface area contributed by atoms with Crippen molar-refractivity contribution in [3.63, 3.8) is 0 Å². The quantitative estimate of drug-likeness (QED) is 0.110. The van der Waals surface area contributed by atoms with E-state index in [4.69, 9.17) is 9.47 Å². The van der Waals surface area contributed by atoms with Crippen molar-refractivity contribution in [3.8, 4) is 0 Å². The van der Waals surface area contributed by atoms with Gasteiger partial charge in [-0.05, 0) is 106 Å². The molecule has 52 heavy (non-hydrogen) atoms. The summed E-state index contributed by atoms with van der Waals surface area (Å²) < 4.78 is 14.9. The highest BCUT2D eigenvalue weighted by Gasteiger charge is 2.74. The van der Waals surface area contributed by atoms with Gasteiger partial charge in [0.15, 0.2) is 0 Å². The Labute approximate surface area is 314 Å². The lowest BCUT2D eigenvalue weighted by Gasteiger charge is -2.71. The number of aliphatic hydroxyl groups excluding tert-OH is 1. The van der Waals surface area contributed by atoms with E-state index in [0.717, 1.165) is 81.9 Å². The van der Waals surface area contributed by atoms with E-state index in [1.807, 2.05) is 6.20 Å². The summed E-state index contributed by atoms with van der Waals surface area (Å²) in [5.74, 6) is 1.62. The van der Waals surface area contributed by atoms with Gasteiger partial charge in [0.25, 0.3) is 0 Å². The maximum atomic E-state index is 14.4. The summed E-state index contributed by atoms with van der Waals surface area (Å²) in [5, 5.41) is 11.8. The van der Waals surface area contributed by atoms with Gasteiger partial charge in [0, 0.05) is 36.7 Å². The first-order chi connectivity index (χ1) is 24.7. The van der Waals surface area contributed by atoms with Crippen molar-refractivity contribution in [2.45, 2.75) is 169 Å². The maximum Gasteiger partial charge on any atom is 0.312 e. The minimum absolute atomic E-state index is 0.00353. The van der Waals surface area contributed by atoms with Gasteiger partial charge in [-0.25, -0.2) is 4.98 Å². The molecule has 11 atom stereocenters. The van der Waals surface area contributed by atoms with Crippen LogP contribution in [0.1, 0.15) is 150 Å². The highest BCUT2D eigenvalue weighted by atomic mass is 16.5. The van der Waals surface area contributed by atoms with Crippen molar-refractivity contribution < 1.29 is 24.2 Å². The van der Waals surface area contributed by atoms with Crippen LogP contribution >= 0.6 is 0 Å². The molecule has 5 aliphatic rings. The molecule has 1 aromatic heterocycles. The van der Waals surface area contributed by atoms with Crippen molar-refractivity contribution in [2.24, 2.45) is 51.2 Å². The second-order valence-electron chi connectivity index (χ2n) is 18.7. The van der Waals surface area contributed by atoms with Crippen LogP contribution in [0.3, 0.4) is 0 Å². The van der Waals surface area contributed by atoms with Crippen molar-refractivity contribution in [2.75, 3.05) is 6.61 Å². The molecule has 0 unspecified atom stereocenters. The smallest absolute Gasteiger partial charge is 0.312 e. The summed E-state index contributed by atoms with van der Waals surface area (Å²) >= 11 is 0. The number of unbranched alkanes of at least 4 members (excludes halogenated alkanes) is 7. The molecule has 4 aliphatic carbocycles. The molecule has 1 N–H and O–H groups in total. The Kier molecular flexibility index (Phi) is 11.6. The van der Waals surface area contributed by atoms with E-state index < -0.39 is 16.9 Å². The lowest BCUT2D eigenvalue weighted by atomic mass is 9.33. The summed E-state index contributed by atoms with van der Waals surface area (Å²) in [6.07, 6.45) is 19.7. The fraction of sp³-hybridized carbons (Fsp3) is 0.800. The maximum absolute atomic E-state index is 14.4. The molecule has 1 aliphatic heterocycles. The monoisotopic (exact) mass is 719 g/mol. The first-order valence-corrected chi connectivity index (χ1v) is 21.1. The molecule has 0 amide bonds. The Morgan fingerprint density at radius 3 is 2.33 bits per heavy atom. The van der Waals surface area contributed by atoms with Crippen LogP contribution in [0.25, 0.3) is 0 Å². The number of aromatic nitrogens is 2. The predicted octanol–water partition coefficient (Wildman–Crippen LogP) is 9.81. The summed E-state index contributed by atoms with van der Waals surface area (Å²) in [6.45, 7) is 24.0. The van der Waals surface area contributed by atoms with Crippen molar-refractivity contribution in [1.82, 2.24) is 9.55 Å². The first kappa shape index (κ1) is 39.3. The highest BCUT2D eigenvalue weighted by molar-refractivity contribution is 5.78. The van der Waals surface area contributed by atoms with Crippen LogP contribution in [0, 0.1) is 51.2 Å². The Morgan fingerprint density at radius 1 is 0.962 bits per heavy atom. The fourth-order valence-corrected chi connectivity index (χ4v) is 13.4. The third-order valence-electron chi connectivity index (χ3n) is 16.2. The number of carbonyl (C=O) groups is 2. The Hall–Kier alpha value is -2.41. The van der Waals surface area contributed by atoms with E-state index in [9.17, 15) is 14.7 Å². The molecule has 7 heteroatoms. The average molecular weight is 719 g/mol. The van der Waals surface area contributed by atoms with E-state index in [2.05, 4.69) is 70.4 Å². The second kappa shape index (κ2) is 15.4. The number of aliphatic hydroxyl groups is 1. The Balaban J connectivity index is 1.09. The van der Waals surface area contributed by atoms with Crippen molar-refractivity contribution in [1.29, 1.82) is 0 Å². The van der Waals surface area contributed by atoms with Crippen LogP contribution in [0.4, 0.5) is 0 Å². The molecule has 0 radical (unpaired) electrons. The first-order valence-electron chi connectivity index (χ1n) is 21.1. The number of carbonyl (C=O) groups excluding carboxylic acids is 2. The molecule has 2 heterocycles. The molecule has 0 bridgehead atoms. The average Bonchev–Trinajstić information content (AvgIpc) is 3.70. The number of esters is 2. The number of imidazole rings is 1. The zero-order valence-corrected chi connectivity index (χ0v) is 33.5. The molecule has 0 aromatic carbocycles. The number of allylic oxidation sites excluding steroid dienone is 2. The minimum atomic E-state index is -0.767. The molecule has 7 nitrogen and oxygen atoms in total. The van der Waals surface area contributed by atoms with Gasteiger partial charge < -0.3 is 19.1 Å². The van der Waals surface area contributed by atoms with E-state index in [0.29, 0.717) is 6.61 Å². The molecule has 1 saturated heterocycles. The van der Waals surface area contributed by atoms with Crippen LogP contribution in [0.15, 0.2) is 36.7 Å². The van der Waals surface area contributed by atoms with Crippen molar-refractivity contribution >= 4 is 11.9 Å². The number of aryl methyl sites for hydroxylation is 2. The minimum Gasteiger partial charge on any atom is -0.465 e. The topological polar surface area (TPSA) is 90.7 Å². The van der Waals surface area contributed by atoms with Crippen LogP contribution in [-0.2, 0) is 32.0 Å². The molecule has 6 rings (SSSR count). The Bertz CT molecular complexity index is 1480. The molecule has 1 aromatic rings. The molecule has 5 fully saturated rings. The highest BCUT2D eigenvalue weighted by Crippen LogP contribution is 2.77. The third kappa shape index (κ3) is 6.55. The number of hydrogen-bond donors (Lipinski definition) is 1. The molecule has 290 valence electrons. The van der Waals surface area contributed by atoms with Gasteiger partial charge in [-0.15, -0.1) is 0 Å². The van der Waals surface area contributed by atoms with Crippen LogP contribution in [0.5, 0.6) is 0 Å². The van der Waals surface area contributed by atoms with E-state index in [1.165, 1.54) is 44.3 Å². The Morgan fingerprint density at radius 2 is 1.65 bits per heavy atom. The van der Waals surface area contributed by atoms with Crippen LogP contribution in [-0.4, -0.2) is 45.4 Å². The van der Waals surface area contributed by atoms with Crippen LogP contribution in [0.2, 0.25) is 0 Å². The van der Waals surface area contributed by atoms with Gasteiger partial charge in [0.05, 0.1) is 24.5 Å². The van der Waals surface area contributed by atoms with E-state index in [1.54, 1.807) is 0 Å². The number of rotatable bonds is 15. The fourth-order valence-electron chi connectivity index (χ4n) is 13.4. The van der Waals surface area contributed by atoms with Gasteiger partial charge in [-0.1, -0.05) is 90.5 Å². The third-order valence-corrected chi connectivity index (χ3v) is 16.2. The number of fused-ring (bicyclic) bond motifs is 4. The number of hydrogen-bond acceptors (Lipinski definition) is 6. The standard InChI is InChI=1S/C45H70N2O5/c1-9-37-46-24-26-47(37)25-16-14-12-10-11-13-15-17-27-51-41(50)45-21-18-32(30(2)3)39(45)34-28-35-40-43(7,42(34,6)22-23-45)20-19-33(31(4)5)44(40,8)36(48)29-38(49)52-35/h24,26,32-36,39-40,48H,2,4,9-23,25,27-29H2,1,3,5-8H3/t32-,33-,34+,35+,36+,39+,40-,42+,43+,44+,45-/m0/s1. The van der Waals surface area contributed by atoms with Gasteiger partial charge in [0.2, 0.25) is 0 Å². The van der Waals surface area contributed by atoms with Gasteiger partial charge in [0.1, 0.15) is 11.9 Å². The summed E-state index contributed by atoms with van der Waals surface area (Å²) in [4.78, 5) is 32.2. The van der Waals surface area contributed by atoms with Crippen molar-refractivity contribution in [3.05, 3.63) is 42.5 Å². The molecular formula is C45H70N2O5. The van der Waals surface area contributed by atoms with E-state index in [-0.39, 0.29) is 64.9 Å². The lowest BCUT2D eigenvalue weighted by molar-refractivity contribution is -0.260. The van der Waals surface area contributed by atoms with Gasteiger partial charge in [-0.3, -0.25) is 9.59 Å². The summed E-state index contributed by atoms with van der Waals surface area (Å²) in [7, 11) is 0. The normalized spacial score (nSPS) is 39.4. The summed E-state index contributed by atoms with van der Waals surface area (Å²) in [6, 6.07) is 0. The van der Waals surface area contributed by atoms with Crippen LogP contribution < -0.4 is 0 Å². The molecule has 0 spiro atoms. The number of ether oxygens (including phenoxy) is 2. The lowest BCUT2D eigenvalue weighted by Crippen LogP contribution is -2.69. The molecule has 4 saturated carbocycles. The van der Waals surface area contributed by atoms with E-state index >= 15 is 0 Å². The SMILES string of the molecule is C=C(C)[C@@H]1CC[C@]2(C(=O)OCCCCCCCCCCn3ccnc3CC)CC[C@]3(C)[C@H](C[C@H]4OC(=O)C[C@@H](O)[C@]5(C)[C@@H]4[C@@]3(C)CC[C@H]5C(=C)C)[C@@H]12. The summed E-state index contributed by atoms with van der Waals surface area (Å²) in [5.41, 5.74) is 1.00.